The number of carbonyl (C=O) groups is 2. The molecule has 0 unspecified atom stereocenters. The molecule has 9 heteroatoms. The summed E-state index contributed by atoms with van der Waals surface area (Å²) in [6, 6.07) is 10.8. The molecule has 0 radical (unpaired) electrons. The van der Waals surface area contributed by atoms with Gasteiger partial charge in [-0.2, -0.15) is 0 Å². The third kappa shape index (κ3) is 3.65. The number of likely N-dealkylation sites (tertiary alicyclic amines) is 1. The summed E-state index contributed by atoms with van der Waals surface area (Å²) in [5.74, 6) is 0.381. The lowest BCUT2D eigenvalue weighted by Gasteiger charge is -2.28. The third-order valence-corrected chi connectivity index (χ3v) is 7.43. The number of carbonyl (C=O) groups excluding carboxylic acids is 2. The molecule has 2 fully saturated rings. The zero-order valence-corrected chi connectivity index (χ0v) is 20.9. The highest BCUT2D eigenvalue weighted by atomic mass is 16.5. The van der Waals surface area contributed by atoms with Gasteiger partial charge in [0.05, 0.1) is 59.0 Å². The Hall–Kier alpha value is -3.72. The maximum Gasteiger partial charge on any atom is 0.231 e. The van der Waals surface area contributed by atoms with Gasteiger partial charge in [0.25, 0.3) is 0 Å². The molecule has 3 heterocycles. The lowest BCUT2D eigenvalue weighted by atomic mass is 9.76. The van der Waals surface area contributed by atoms with Crippen LogP contribution >= 0.6 is 0 Å². The predicted octanol–water partition coefficient (Wildman–Crippen LogP) is 3.20. The minimum Gasteiger partial charge on any atom is -0.497 e. The Morgan fingerprint density at radius 2 is 1.72 bits per heavy atom. The first kappa shape index (κ1) is 24.0. The summed E-state index contributed by atoms with van der Waals surface area (Å²) in [6.07, 6.45) is 3.38. The Labute approximate surface area is 209 Å². The zero-order valence-electron chi connectivity index (χ0n) is 20.9. The minimum absolute atomic E-state index is 0.0878. The van der Waals surface area contributed by atoms with E-state index in [4.69, 9.17) is 23.7 Å². The molecular weight excluding hydrogens is 464 g/mol. The fourth-order valence-electron chi connectivity index (χ4n) is 5.60. The van der Waals surface area contributed by atoms with Crippen molar-refractivity contribution in [1.82, 2.24) is 4.90 Å². The number of nitrogens with zero attached hydrogens (tertiary/aromatic N) is 1. The van der Waals surface area contributed by atoms with Gasteiger partial charge >= 0.3 is 0 Å². The second-order valence-electron chi connectivity index (χ2n) is 9.22. The number of benzene rings is 2. The molecule has 1 N–H and O–H groups in total. The number of anilines is 1. The Bertz CT molecular complexity index is 1190. The highest BCUT2D eigenvalue weighted by Gasteiger charge is 2.67. The van der Waals surface area contributed by atoms with Gasteiger partial charge in [-0.05, 0) is 24.6 Å². The van der Waals surface area contributed by atoms with Gasteiger partial charge in [-0.15, -0.1) is 0 Å². The Morgan fingerprint density at radius 1 is 1.06 bits per heavy atom. The van der Waals surface area contributed by atoms with Crippen LogP contribution in [0.3, 0.4) is 0 Å². The van der Waals surface area contributed by atoms with Crippen molar-refractivity contribution in [2.45, 2.75) is 24.7 Å². The number of fused-ring (bicyclic) bond motifs is 1. The van der Waals surface area contributed by atoms with E-state index in [0.717, 1.165) is 11.3 Å². The standard InChI is InChI=1S/C27H30N2O7/c1-15(16-6-8-18(32-2)9-7-16)29-14-27-11-10-19(36-27)22(23(27)26(29)31)25(30)28-17-12-20(33-3)24(35-5)21(13-17)34-4/h6-13,15,19,22-23H,14H2,1-5H3,(H,28,30)/t15-,19-,22+,23-,27-/m1/s1. The maximum absolute atomic E-state index is 13.7. The molecule has 5 rings (SSSR count). The molecule has 3 aliphatic heterocycles. The molecule has 9 nitrogen and oxygen atoms in total. The van der Waals surface area contributed by atoms with Crippen LogP contribution in [0, 0.1) is 11.8 Å². The second kappa shape index (κ2) is 9.05. The van der Waals surface area contributed by atoms with Crippen molar-refractivity contribution in [3.63, 3.8) is 0 Å². The maximum atomic E-state index is 13.7. The van der Waals surface area contributed by atoms with E-state index in [-0.39, 0.29) is 17.9 Å². The van der Waals surface area contributed by atoms with E-state index >= 15 is 0 Å². The van der Waals surface area contributed by atoms with Crippen molar-refractivity contribution in [3.05, 3.63) is 54.1 Å². The monoisotopic (exact) mass is 494 g/mol. The molecule has 190 valence electrons. The van der Waals surface area contributed by atoms with Gasteiger partial charge in [0.15, 0.2) is 11.5 Å². The van der Waals surface area contributed by atoms with Crippen LogP contribution in [0.15, 0.2) is 48.6 Å². The molecule has 2 bridgehead atoms. The van der Waals surface area contributed by atoms with E-state index in [2.05, 4.69) is 5.32 Å². The molecule has 2 aromatic rings. The molecule has 5 atom stereocenters. The van der Waals surface area contributed by atoms with Gasteiger partial charge in [-0.3, -0.25) is 9.59 Å². The van der Waals surface area contributed by atoms with Crippen LogP contribution in [0.2, 0.25) is 0 Å². The lowest BCUT2D eigenvalue weighted by molar-refractivity contribution is -0.137. The second-order valence-corrected chi connectivity index (χ2v) is 9.22. The number of nitrogens with one attached hydrogen (secondary N) is 1. The van der Waals surface area contributed by atoms with Crippen molar-refractivity contribution >= 4 is 17.5 Å². The number of hydrogen-bond acceptors (Lipinski definition) is 7. The average molecular weight is 495 g/mol. The number of amides is 2. The first-order valence-electron chi connectivity index (χ1n) is 11.8. The van der Waals surface area contributed by atoms with Gasteiger partial charge in [0.1, 0.15) is 11.4 Å². The normalized spacial score (nSPS) is 26.5. The van der Waals surface area contributed by atoms with E-state index in [9.17, 15) is 9.59 Å². The third-order valence-electron chi connectivity index (χ3n) is 7.43. The molecule has 2 saturated heterocycles. The molecule has 3 aliphatic rings. The number of ether oxygens (including phenoxy) is 5. The minimum atomic E-state index is -0.806. The van der Waals surface area contributed by atoms with E-state index in [1.165, 1.54) is 21.3 Å². The lowest BCUT2D eigenvalue weighted by Crippen LogP contribution is -2.41. The zero-order chi connectivity index (χ0) is 25.6. The SMILES string of the molecule is COc1ccc([C@@H](C)N2C[C@@]34C=C[C@@H](O3)[C@H](C(=O)Nc3cc(OC)c(OC)c(OC)c3)[C@@H]4C2=O)cc1. The van der Waals surface area contributed by atoms with Crippen molar-refractivity contribution in [1.29, 1.82) is 0 Å². The van der Waals surface area contributed by atoms with Crippen LogP contribution in [0.5, 0.6) is 23.0 Å². The summed E-state index contributed by atoms with van der Waals surface area (Å²) >= 11 is 0. The van der Waals surface area contributed by atoms with Gasteiger partial charge in [-0.1, -0.05) is 24.3 Å². The van der Waals surface area contributed by atoms with Gasteiger partial charge in [0, 0.05) is 17.8 Å². The summed E-state index contributed by atoms with van der Waals surface area (Å²) < 4.78 is 27.7. The van der Waals surface area contributed by atoms with E-state index in [1.54, 1.807) is 24.1 Å². The van der Waals surface area contributed by atoms with Crippen LogP contribution in [-0.2, 0) is 14.3 Å². The van der Waals surface area contributed by atoms with Gasteiger partial charge in [0.2, 0.25) is 17.6 Å². The number of methoxy groups -OCH3 is 4. The van der Waals surface area contributed by atoms with Crippen molar-refractivity contribution in [2.75, 3.05) is 40.3 Å². The molecule has 0 saturated carbocycles. The summed E-state index contributed by atoms with van der Waals surface area (Å²) in [5.41, 5.74) is 0.654. The summed E-state index contributed by atoms with van der Waals surface area (Å²) in [5, 5.41) is 2.93. The van der Waals surface area contributed by atoms with E-state index < -0.39 is 23.5 Å². The van der Waals surface area contributed by atoms with Crippen LogP contribution in [0.4, 0.5) is 5.69 Å². The largest absolute Gasteiger partial charge is 0.497 e. The first-order chi connectivity index (χ1) is 17.4. The van der Waals surface area contributed by atoms with Crippen molar-refractivity contribution in [2.24, 2.45) is 11.8 Å². The molecule has 36 heavy (non-hydrogen) atoms. The molecular formula is C27H30N2O7. The highest BCUT2D eigenvalue weighted by molar-refractivity contribution is 5.99. The number of hydrogen-bond donors (Lipinski definition) is 1. The van der Waals surface area contributed by atoms with Crippen molar-refractivity contribution in [3.8, 4) is 23.0 Å². The fourth-order valence-corrected chi connectivity index (χ4v) is 5.60. The molecule has 2 aromatic carbocycles. The smallest absolute Gasteiger partial charge is 0.231 e. The van der Waals surface area contributed by atoms with Gasteiger partial charge < -0.3 is 33.9 Å². The summed E-state index contributed by atoms with van der Waals surface area (Å²) in [6.45, 7) is 2.38. The molecule has 0 aliphatic carbocycles. The predicted molar refractivity (Wildman–Crippen MR) is 132 cm³/mol. The van der Waals surface area contributed by atoms with E-state index in [0.29, 0.717) is 29.5 Å². The van der Waals surface area contributed by atoms with Crippen LogP contribution in [0.1, 0.15) is 18.5 Å². The van der Waals surface area contributed by atoms with Gasteiger partial charge in [-0.25, -0.2) is 0 Å². The van der Waals surface area contributed by atoms with Crippen molar-refractivity contribution < 1.29 is 33.3 Å². The average Bonchev–Trinajstić information content (AvgIpc) is 3.55. The molecule has 0 aromatic heterocycles. The van der Waals surface area contributed by atoms with Crippen LogP contribution in [-0.4, -0.2) is 63.4 Å². The summed E-state index contributed by atoms with van der Waals surface area (Å²) in [4.78, 5) is 29.1. The quantitative estimate of drug-likeness (QED) is 0.563. The molecule has 2 amide bonds. The van der Waals surface area contributed by atoms with Crippen LogP contribution in [0.25, 0.3) is 0 Å². The highest BCUT2D eigenvalue weighted by Crippen LogP contribution is 2.53. The Balaban J connectivity index is 1.39. The Morgan fingerprint density at radius 3 is 2.31 bits per heavy atom. The van der Waals surface area contributed by atoms with E-state index in [1.807, 2.05) is 43.3 Å². The topological polar surface area (TPSA) is 95.6 Å². The first-order valence-corrected chi connectivity index (χ1v) is 11.8. The number of rotatable bonds is 8. The van der Waals surface area contributed by atoms with Crippen LogP contribution < -0.4 is 24.3 Å². The Kier molecular flexibility index (Phi) is 6.04. The fraction of sp³-hybridized carbons (Fsp3) is 0.407. The molecule has 1 spiro atoms. The summed E-state index contributed by atoms with van der Waals surface area (Å²) in [7, 11) is 6.15.